The first kappa shape index (κ1) is 18.8. The molecule has 1 amide bonds. The summed E-state index contributed by atoms with van der Waals surface area (Å²) in [5, 5.41) is 9.28. The topological polar surface area (TPSA) is 53.3 Å². The first-order chi connectivity index (χ1) is 11.9. The minimum atomic E-state index is -0.341. The van der Waals surface area contributed by atoms with Crippen molar-refractivity contribution < 1.29 is 9.53 Å². The molecular formula is C20H19BrN2O2. The Balaban J connectivity index is 2.29. The molecule has 5 heteroatoms. The molecule has 0 aromatic heterocycles. The summed E-state index contributed by atoms with van der Waals surface area (Å²) in [5.41, 5.74) is 2.97. The fourth-order valence-electron chi connectivity index (χ4n) is 2.15. The highest BCUT2D eigenvalue weighted by molar-refractivity contribution is 9.10. The van der Waals surface area contributed by atoms with Gasteiger partial charge in [-0.1, -0.05) is 45.8 Å². The van der Waals surface area contributed by atoms with E-state index in [9.17, 15) is 10.1 Å². The molecule has 0 fully saturated rings. The Hall–Kier alpha value is -2.58. The predicted octanol–water partition coefficient (Wildman–Crippen LogP) is 4.33. The van der Waals surface area contributed by atoms with Crippen LogP contribution in [0, 0.1) is 18.3 Å². The molecule has 0 saturated heterocycles. The zero-order chi connectivity index (χ0) is 18.4. The van der Waals surface area contributed by atoms with Gasteiger partial charge in [0.05, 0.1) is 0 Å². The van der Waals surface area contributed by atoms with Crippen molar-refractivity contribution >= 4 is 27.9 Å². The largest absolute Gasteiger partial charge is 0.488 e. The summed E-state index contributed by atoms with van der Waals surface area (Å²) in [6.45, 7) is 2.44. The van der Waals surface area contributed by atoms with E-state index >= 15 is 0 Å². The van der Waals surface area contributed by atoms with Crippen LogP contribution in [-0.4, -0.2) is 24.9 Å². The number of ether oxygens (including phenoxy) is 1. The molecule has 2 aromatic rings. The van der Waals surface area contributed by atoms with Crippen LogP contribution in [-0.2, 0) is 11.4 Å². The molecule has 0 saturated carbocycles. The number of likely N-dealkylation sites (N-methyl/N-ethyl adjacent to an activating group) is 1. The van der Waals surface area contributed by atoms with Crippen molar-refractivity contribution in [3.05, 3.63) is 69.2 Å². The highest BCUT2D eigenvalue weighted by Crippen LogP contribution is 2.26. The van der Waals surface area contributed by atoms with Gasteiger partial charge in [-0.25, -0.2) is 0 Å². The fraction of sp³-hybridized carbons (Fsp3) is 0.200. The molecule has 0 aliphatic heterocycles. The molecule has 0 spiro atoms. The minimum absolute atomic E-state index is 0.0586. The second-order valence-electron chi connectivity index (χ2n) is 5.83. The van der Waals surface area contributed by atoms with Gasteiger partial charge in [0.15, 0.2) is 0 Å². The van der Waals surface area contributed by atoms with Gasteiger partial charge in [-0.05, 0) is 36.8 Å². The van der Waals surface area contributed by atoms with Crippen LogP contribution in [0.15, 0.2) is 52.5 Å². The number of aryl methyl sites for hydroxylation is 1. The van der Waals surface area contributed by atoms with Crippen molar-refractivity contribution in [3.63, 3.8) is 0 Å². The quantitative estimate of drug-likeness (QED) is 0.556. The maximum Gasteiger partial charge on any atom is 0.264 e. The fourth-order valence-corrected chi connectivity index (χ4v) is 2.53. The van der Waals surface area contributed by atoms with Gasteiger partial charge in [-0.3, -0.25) is 4.79 Å². The second kappa shape index (κ2) is 8.50. The Morgan fingerprint density at radius 1 is 1.24 bits per heavy atom. The van der Waals surface area contributed by atoms with Crippen LogP contribution in [0.5, 0.6) is 5.75 Å². The number of benzene rings is 2. The van der Waals surface area contributed by atoms with Gasteiger partial charge >= 0.3 is 0 Å². The van der Waals surface area contributed by atoms with E-state index in [4.69, 9.17) is 4.74 Å². The zero-order valence-corrected chi connectivity index (χ0v) is 16.0. The molecule has 0 atom stereocenters. The number of halogens is 1. The van der Waals surface area contributed by atoms with Gasteiger partial charge in [0.25, 0.3) is 5.91 Å². The van der Waals surface area contributed by atoms with E-state index in [1.165, 1.54) is 10.5 Å². The molecule has 25 heavy (non-hydrogen) atoms. The van der Waals surface area contributed by atoms with Crippen molar-refractivity contribution in [2.75, 3.05) is 14.1 Å². The van der Waals surface area contributed by atoms with Gasteiger partial charge in [0.1, 0.15) is 24.0 Å². The molecule has 2 rings (SSSR count). The van der Waals surface area contributed by atoms with E-state index in [1.54, 1.807) is 20.2 Å². The van der Waals surface area contributed by atoms with Crippen LogP contribution < -0.4 is 4.74 Å². The highest BCUT2D eigenvalue weighted by Gasteiger charge is 2.13. The lowest BCUT2D eigenvalue weighted by Crippen LogP contribution is -2.22. The molecule has 2 aromatic carbocycles. The molecule has 128 valence electrons. The molecule has 0 N–H and O–H groups in total. The molecule has 0 unspecified atom stereocenters. The van der Waals surface area contributed by atoms with E-state index in [2.05, 4.69) is 15.9 Å². The van der Waals surface area contributed by atoms with Crippen molar-refractivity contribution in [2.24, 2.45) is 0 Å². The molecule has 0 radical (unpaired) electrons. The average molecular weight is 399 g/mol. The number of hydrogen-bond donors (Lipinski definition) is 0. The van der Waals surface area contributed by atoms with Crippen LogP contribution in [0.25, 0.3) is 6.08 Å². The van der Waals surface area contributed by atoms with Crippen LogP contribution >= 0.6 is 15.9 Å². The highest BCUT2D eigenvalue weighted by atomic mass is 79.9. The molecule has 4 nitrogen and oxygen atoms in total. The average Bonchev–Trinajstić information content (AvgIpc) is 2.59. The van der Waals surface area contributed by atoms with E-state index in [1.807, 2.05) is 55.5 Å². The number of carbonyl (C=O) groups is 1. The van der Waals surface area contributed by atoms with E-state index < -0.39 is 0 Å². The van der Waals surface area contributed by atoms with Crippen molar-refractivity contribution in [1.82, 2.24) is 4.90 Å². The summed E-state index contributed by atoms with van der Waals surface area (Å²) in [5.74, 6) is 0.273. The first-order valence-electron chi connectivity index (χ1n) is 7.72. The molecule has 0 bridgehead atoms. The van der Waals surface area contributed by atoms with Gasteiger partial charge < -0.3 is 9.64 Å². The lowest BCUT2D eigenvalue weighted by Gasteiger charge is -2.12. The second-order valence-corrected chi connectivity index (χ2v) is 6.74. The third kappa shape index (κ3) is 5.20. The maximum atomic E-state index is 12.1. The minimum Gasteiger partial charge on any atom is -0.488 e. The first-order valence-corrected chi connectivity index (χ1v) is 8.51. The molecule has 0 aliphatic rings. The maximum absolute atomic E-state index is 12.1. The number of nitriles is 1. The number of nitrogens with zero attached hydrogens (tertiary/aromatic N) is 2. The number of carbonyl (C=O) groups excluding carboxylic acids is 1. The Morgan fingerprint density at radius 3 is 2.52 bits per heavy atom. The zero-order valence-electron chi connectivity index (χ0n) is 14.4. The van der Waals surface area contributed by atoms with Crippen molar-refractivity contribution in [2.45, 2.75) is 13.5 Å². The Morgan fingerprint density at radius 2 is 1.92 bits per heavy atom. The summed E-state index contributed by atoms with van der Waals surface area (Å²) in [6, 6.07) is 15.6. The molecule has 0 aliphatic carbocycles. The van der Waals surface area contributed by atoms with Gasteiger partial charge in [-0.2, -0.15) is 5.26 Å². The molecular weight excluding hydrogens is 380 g/mol. The predicted molar refractivity (Wildman–Crippen MR) is 102 cm³/mol. The lowest BCUT2D eigenvalue weighted by molar-refractivity contribution is -0.124. The monoisotopic (exact) mass is 398 g/mol. The third-order valence-electron chi connectivity index (χ3n) is 3.54. The van der Waals surface area contributed by atoms with Gasteiger partial charge in [-0.15, -0.1) is 0 Å². The summed E-state index contributed by atoms with van der Waals surface area (Å²) in [6.07, 6.45) is 1.55. The van der Waals surface area contributed by atoms with Gasteiger partial charge in [0, 0.05) is 24.1 Å². The smallest absolute Gasteiger partial charge is 0.264 e. The lowest BCUT2D eigenvalue weighted by atomic mass is 10.1. The van der Waals surface area contributed by atoms with Crippen LogP contribution in [0.4, 0.5) is 0 Å². The van der Waals surface area contributed by atoms with Crippen LogP contribution in [0.1, 0.15) is 16.7 Å². The number of amides is 1. The van der Waals surface area contributed by atoms with E-state index in [0.29, 0.717) is 17.9 Å². The SMILES string of the molecule is Cc1ccc(COc2ccc(Br)cc2/C=C(/C#N)C(=O)N(C)C)cc1. The molecule has 0 heterocycles. The van der Waals surface area contributed by atoms with Crippen LogP contribution in [0.3, 0.4) is 0 Å². The van der Waals surface area contributed by atoms with Crippen LogP contribution in [0.2, 0.25) is 0 Å². The Labute approximate surface area is 156 Å². The van der Waals surface area contributed by atoms with E-state index in [-0.39, 0.29) is 11.5 Å². The standard InChI is InChI=1S/C20H19BrN2O2/c1-14-4-6-15(7-5-14)13-25-19-9-8-18(21)11-16(19)10-17(12-22)20(24)23(2)3/h4-11H,13H2,1-3H3/b17-10-. The summed E-state index contributed by atoms with van der Waals surface area (Å²) in [4.78, 5) is 13.4. The number of hydrogen-bond acceptors (Lipinski definition) is 3. The normalized spacial score (nSPS) is 10.9. The Kier molecular flexibility index (Phi) is 6.37. The summed E-state index contributed by atoms with van der Waals surface area (Å²) < 4.78 is 6.75. The summed E-state index contributed by atoms with van der Waals surface area (Å²) in [7, 11) is 3.23. The van der Waals surface area contributed by atoms with E-state index in [0.717, 1.165) is 10.0 Å². The summed E-state index contributed by atoms with van der Waals surface area (Å²) >= 11 is 3.42. The third-order valence-corrected chi connectivity index (χ3v) is 4.04. The number of rotatable bonds is 5. The van der Waals surface area contributed by atoms with Crippen molar-refractivity contribution in [3.8, 4) is 11.8 Å². The van der Waals surface area contributed by atoms with Crippen molar-refractivity contribution in [1.29, 1.82) is 5.26 Å². The van der Waals surface area contributed by atoms with Gasteiger partial charge in [0.2, 0.25) is 0 Å². The Bertz CT molecular complexity index is 834.